The van der Waals surface area contributed by atoms with Gasteiger partial charge in [-0.2, -0.15) is 26.9 Å². The molecule has 0 saturated carbocycles. The number of benzene rings is 2. The number of sulfonamides is 1. The van der Waals surface area contributed by atoms with Crippen LogP contribution in [0, 0.1) is 6.92 Å². The van der Waals surface area contributed by atoms with Crippen LogP contribution in [0.3, 0.4) is 0 Å². The summed E-state index contributed by atoms with van der Waals surface area (Å²) in [5.74, 6) is -5.20. The van der Waals surface area contributed by atoms with Crippen molar-refractivity contribution < 1.29 is 30.4 Å². The maximum absolute atomic E-state index is 13.3. The molecule has 0 atom stereocenters. The van der Waals surface area contributed by atoms with Crippen LogP contribution >= 0.6 is 23.1 Å². The van der Waals surface area contributed by atoms with Gasteiger partial charge in [-0.1, -0.05) is 29.8 Å². The zero-order valence-electron chi connectivity index (χ0n) is 18.5. The van der Waals surface area contributed by atoms with Gasteiger partial charge in [0, 0.05) is 6.42 Å². The highest BCUT2D eigenvalue weighted by Gasteiger charge is 2.56. The number of hydrogen-bond acceptors (Lipinski definition) is 6. The Morgan fingerprint density at radius 2 is 1.72 bits per heavy atom. The van der Waals surface area contributed by atoms with Gasteiger partial charge in [-0.05, 0) is 43.4 Å². The van der Waals surface area contributed by atoms with Gasteiger partial charge in [-0.3, -0.25) is 9.29 Å². The number of halogens is 5. The number of aryl methyl sites for hydroxylation is 1. The molecule has 2 heterocycles. The molecule has 2 aromatic carbocycles. The van der Waals surface area contributed by atoms with Gasteiger partial charge < -0.3 is 0 Å². The van der Waals surface area contributed by atoms with Crippen molar-refractivity contribution in [1.29, 1.82) is 0 Å². The fourth-order valence-corrected chi connectivity index (χ4v) is 6.82. The van der Waals surface area contributed by atoms with Crippen LogP contribution in [0.15, 0.2) is 62.4 Å². The summed E-state index contributed by atoms with van der Waals surface area (Å²) in [6.45, 7) is 1.79. The lowest BCUT2D eigenvalue weighted by Crippen LogP contribution is -2.36. The number of alkyl halides is 5. The van der Waals surface area contributed by atoms with E-state index in [4.69, 9.17) is 0 Å². The van der Waals surface area contributed by atoms with Crippen LogP contribution in [0.4, 0.5) is 27.8 Å². The Kier molecular flexibility index (Phi) is 7.05. The van der Waals surface area contributed by atoms with E-state index in [1.807, 2.05) is 0 Å². The second-order valence-electron chi connectivity index (χ2n) is 7.86. The van der Waals surface area contributed by atoms with Crippen LogP contribution in [0.5, 0.6) is 0 Å². The lowest BCUT2D eigenvalue weighted by atomic mass is 10.2. The van der Waals surface area contributed by atoms with Crippen molar-refractivity contribution in [1.82, 2.24) is 9.55 Å². The molecule has 0 saturated heterocycles. The highest BCUT2D eigenvalue weighted by molar-refractivity contribution is 8.01. The third kappa shape index (κ3) is 5.20. The van der Waals surface area contributed by atoms with E-state index in [1.165, 1.54) is 16.7 Å². The Bertz CT molecular complexity index is 1530. The van der Waals surface area contributed by atoms with E-state index in [0.717, 1.165) is 28.7 Å². The molecule has 0 amide bonds. The Morgan fingerprint density at radius 3 is 2.39 bits per heavy atom. The lowest BCUT2D eigenvalue weighted by molar-refractivity contribution is -0.284. The summed E-state index contributed by atoms with van der Waals surface area (Å²) in [6, 6.07) is 12.7. The molecule has 0 fully saturated rings. The Balaban J connectivity index is 1.71. The van der Waals surface area contributed by atoms with Gasteiger partial charge in [-0.15, -0.1) is 23.1 Å². The number of nitrogens with one attached hydrogen (secondary N) is 1. The molecular formula is C22H18F5N3O3S3. The summed E-state index contributed by atoms with van der Waals surface area (Å²) in [7, 11) is -4.13. The van der Waals surface area contributed by atoms with E-state index in [9.17, 15) is 35.2 Å². The second-order valence-corrected chi connectivity index (χ2v) is 12.0. The molecule has 2 aliphatic heterocycles. The molecule has 36 heavy (non-hydrogen) atoms. The number of imidazole rings is 1. The van der Waals surface area contributed by atoms with Gasteiger partial charge in [0.1, 0.15) is 5.69 Å². The molecule has 0 unspecified atom stereocenters. The monoisotopic (exact) mass is 563 g/mol. The fraction of sp³-hybridized carbons (Fsp3) is 0.273. The Labute approximate surface area is 210 Å². The van der Waals surface area contributed by atoms with Crippen molar-refractivity contribution in [3.8, 4) is 5.69 Å². The van der Waals surface area contributed by atoms with E-state index in [0.29, 0.717) is 14.4 Å². The lowest BCUT2D eigenvalue weighted by Gasteiger charge is -2.19. The van der Waals surface area contributed by atoms with E-state index in [1.54, 1.807) is 43.3 Å². The number of nitrogens with zero attached hydrogens (tertiary/aromatic N) is 2. The minimum absolute atomic E-state index is 0.0604. The van der Waals surface area contributed by atoms with Crippen LogP contribution in [-0.2, 0) is 10.0 Å². The van der Waals surface area contributed by atoms with E-state index in [2.05, 4.69) is 9.71 Å². The zero-order chi connectivity index (χ0) is 26.3. The topological polar surface area (TPSA) is 81.1 Å². The highest BCUT2D eigenvalue weighted by Crippen LogP contribution is 2.42. The van der Waals surface area contributed by atoms with Crippen LogP contribution in [-0.4, -0.2) is 35.8 Å². The molecule has 14 heteroatoms. The summed E-state index contributed by atoms with van der Waals surface area (Å²) in [5.41, 5.74) is 0.628. The van der Waals surface area contributed by atoms with E-state index in [-0.39, 0.29) is 22.2 Å². The summed E-state index contributed by atoms with van der Waals surface area (Å²) in [5, 5.41) is 0. The third-order valence-corrected chi connectivity index (χ3v) is 9.04. The SMILES string of the molecule is Cc1ccc(S(=O)(=O)Nc2nc(=O)n3c4ccccc4sc(SCCCC(F)(F)C(F)(F)F)c2-3)cc1. The third-order valence-electron chi connectivity index (χ3n) is 5.19. The van der Waals surface area contributed by atoms with Gasteiger partial charge in [0.2, 0.25) is 0 Å². The largest absolute Gasteiger partial charge is 0.453 e. The molecule has 0 radical (unpaired) electrons. The number of para-hydroxylation sites is 1. The maximum atomic E-state index is 13.3. The number of rotatable bonds is 8. The van der Waals surface area contributed by atoms with Crippen LogP contribution in [0.1, 0.15) is 18.4 Å². The predicted molar refractivity (Wildman–Crippen MR) is 129 cm³/mol. The molecule has 2 aliphatic rings. The van der Waals surface area contributed by atoms with Crippen LogP contribution < -0.4 is 10.4 Å². The van der Waals surface area contributed by atoms with Crippen molar-refractivity contribution >= 4 is 49.2 Å². The summed E-state index contributed by atoms with van der Waals surface area (Å²) < 4.78 is 94.4. The first-order valence-electron chi connectivity index (χ1n) is 10.4. The predicted octanol–water partition coefficient (Wildman–Crippen LogP) is 6.06. The summed E-state index contributed by atoms with van der Waals surface area (Å²) in [4.78, 5) is 16.6. The molecule has 0 aromatic heterocycles. The van der Waals surface area contributed by atoms with Crippen LogP contribution in [0.25, 0.3) is 15.9 Å². The van der Waals surface area contributed by atoms with Crippen LogP contribution in [0.2, 0.25) is 0 Å². The summed E-state index contributed by atoms with van der Waals surface area (Å²) in [6.07, 6.45) is -7.50. The molecule has 4 rings (SSSR count). The molecule has 2 aromatic rings. The number of thioether (sulfide) groups is 1. The first-order chi connectivity index (χ1) is 16.8. The first kappa shape index (κ1) is 26.4. The summed E-state index contributed by atoms with van der Waals surface area (Å²) >= 11 is 2.10. The number of hydrogen-bond donors (Lipinski definition) is 1. The smallest absolute Gasteiger partial charge is 0.261 e. The van der Waals surface area contributed by atoms with Gasteiger partial charge in [0.15, 0.2) is 5.82 Å². The average Bonchev–Trinajstić information content (AvgIpc) is 3.11. The molecule has 0 spiro atoms. The van der Waals surface area contributed by atoms with Crippen molar-refractivity contribution in [2.75, 3.05) is 10.5 Å². The average molecular weight is 564 g/mol. The minimum atomic E-state index is -5.64. The number of aromatic nitrogens is 2. The van der Waals surface area contributed by atoms with Crippen molar-refractivity contribution in [3.63, 3.8) is 0 Å². The quantitative estimate of drug-likeness (QED) is 0.160. The van der Waals surface area contributed by atoms with Crippen molar-refractivity contribution in [3.05, 3.63) is 64.6 Å². The van der Waals surface area contributed by atoms with Gasteiger partial charge in [-0.25, -0.2) is 13.2 Å². The van der Waals surface area contributed by atoms with E-state index >= 15 is 0 Å². The van der Waals surface area contributed by atoms with Gasteiger partial charge in [0.05, 0.1) is 19.3 Å². The molecule has 192 valence electrons. The maximum Gasteiger partial charge on any atom is 0.453 e. The van der Waals surface area contributed by atoms with E-state index < -0.39 is 40.7 Å². The van der Waals surface area contributed by atoms with Crippen molar-refractivity contribution in [2.24, 2.45) is 0 Å². The molecule has 0 aliphatic carbocycles. The molecule has 0 bridgehead atoms. The van der Waals surface area contributed by atoms with Gasteiger partial charge in [0.25, 0.3) is 10.0 Å². The number of fused-ring (bicyclic) bond motifs is 3. The van der Waals surface area contributed by atoms with Crippen molar-refractivity contribution in [2.45, 2.75) is 41.0 Å². The highest BCUT2D eigenvalue weighted by atomic mass is 32.2. The first-order valence-corrected chi connectivity index (χ1v) is 13.7. The fourth-order valence-electron chi connectivity index (χ4n) is 3.36. The molecular weight excluding hydrogens is 545 g/mol. The standard InChI is InChI=1S/C22H18F5N3O3S3/c1-13-7-9-14(10-8-13)36(32,33)29-18-17-19(34-12-4-11-21(23,24)22(25,26)27)35-16-6-3-2-5-15(16)30(17)20(31)28-18/h2-3,5-10H,4,11-12H2,1H3,(H,28,29,31). The zero-order valence-corrected chi connectivity index (χ0v) is 20.9. The minimum Gasteiger partial charge on any atom is -0.261 e. The normalized spacial score (nSPS) is 12.9. The van der Waals surface area contributed by atoms with Gasteiger partial charge >= 0.3 is 17.8 Å². The number of anilines is 1. The molecule has 6 nitrogen and oxygen atoms in total. The Morgan fingerprint density at radius 1 is 1.06 bits per heavy atom. The Hall–Kier alpha value is -2.71. The second kappa shape index (κ2) is 9.63. The molecule has 1 N–H and O–H groups in total.